The van der Waals surface area contributed by atoms with E-state index < -0.39 is 6.10 Å². The molecule has 1 unspecified atom stereocenters. The molecule has 0 saturated heterocycles. The lowest BCUT2D eigenvalue weighted by molar-refractivity contribution is 0.127. The molecule has 1 aliphatic rings. The topological polar surface area (TPSA) is 85.2 Å². The van der Waals surface area contributed by atoms with Crippen LogP contribution in [0.15, 0.2) is 4.52 Å². The molecule has 96 valence electrons. The van der Waals surface area contributed by atoms with Crippen molar-refractivity contribution in [3.63, 3.8) is 0 Å². The third-order valence-electron chi connectivity index (χ3n) is 2.96. The van der Waals surface area contributed by atoms with E-state index in [0.717, 1.165) is 11.0 Å². The number of nitrogens with two attached hydrogens (primary N) is 1. The zero-order chi connectivity index (χ0) is 12.1. The molecule has 1 heterocycles. The van der Waals surface area contributed by atoms with Crippen LogP contribution in [0, 0.1) is 0 Å². The fraction of sp³-hybridized carbons (Fsp3) is 0.818. The highest BCUT2D eigenvalue weighted by molar-refractivity contribution is 7.99. The minimum Gasteiger partial charge on any atom is -0.383 e. The summed E-state index contributed by atoms with van der Waals surface area (Å²) in [4.78, 5) is 4.19. The number of aliphatic hydroxyl groups excluding tert-OH is 1. The molecule has 0 radical (unpaired) electrons. The van der Waals surface area contributed by atoms with Gasteiger partial charge in [-0.15, -0.1) is 0 Å². The summed E-state index contributed by atoms with van der Waals surface area (Å²) >= 11 is 1.88. The Bertz CT molecular complexity index is 339. The predicted molar refractivity (Wildman–Crippen MR) is 66.5 cm³/mol. The predicted octanol–water partition coefficient (Wildman–Crippen LogP) is 1.63. The van der Waals surface area contributed by atoms with Crippen LogP contribution in [0.1, 0.15) is 49.9 Å². The molecule has 1 saturated carbocycles. The average Bonchev–Trinajstić information content (AvgIpc) is 2.98. The molecule has 1 aliphatic carbocycles. The van der Waals surface area contributed by atoms with Crippen molar-refractivity contribution in [2.75, 3.05) is 6.54 Å². The first kappa shape index (κ1) is 12.9. The first-order chi connectivity index (χ1) is 8.29. The lowest BCUT2D eigenvalue weighted by Crippen LogP contribution is -2.07. The molecule has 5 nitrogen and oxygen atoms in total. The minimum absolute atomic E-state index is 0.289. The van der Waals surface area contributed by atoms with Crippen LogP contribution in [0.3, 0.4) is 0 Å². The van der Waals surface area contributed by atoms with E-state index >= 15 is 0 Å². The molecule has 17 heavy (non-hydrogen) atoms. The summed E-state index contributed by atoms with van der Waals surface area (Å²) in [6.45, 7) is 0.412. The van der Waals surface area contributed by atoms with E-state index in [1.807, 2.05) is 11.8 Å². The van der Waals surface area contributed by atoms with E-state index in [2.05, 4.69) is 10.1 Å². The number of thioether (sulfide) groups is 1. The van der Waals surface area contributed by atoms with E-state index in [1.54, 1.807) is 0 Å². The number of hydrogen-bond acceptors (Lipinski definition) is 6. The van der Waals surface area contributed by atoms with Gasteiger partial charge in [-0.25, -0.2) is 0 Å². The summed E-state index contributed by atoms with van der Waals surface area (Å²) in [5.74, 6) is 1.73. The van der Waals surface area contributed by atoms with Gasteiger partial charge in [0.25, 0.3) is 5.89 Å². The van der Waals surface area contributed by atoms with Crippen molar-refractivity contribution >= 4 is 11.8 Å². The Morgan fingerprint density at radius 3 is 2.94 bits per heavy atom. The first-order valence-corrected chi connectivity index (χ1v) is 7.16. The highest BCUT2D eigenvalue weighted by Crippen LogP contribution is 2.31. The number of nitrogens with zero attached hydrogens (tertiary/aromatic N) is 2. The Morgan fingerprint density at radius 2 is 2.24 bits per heavy atom. The second-order valence-corrected chi connectivity index (χ2v) is 5.65. The van der Waals surface area contributed by atoms with Crippen molar-refractivity contribution in [2.24, 2.45) is 5.73 Å². The molecule has 1 aromatic heterocycles. The Kier molecular flexibility index (Phi) is 4.82. The standard InChI is InChI=1S/C11H19N3O2S/c12-6-5-9(15)11-13-10(14-16-11)7-17-8-3-1-2-4-8/h8-9,15H,1-7,12H2. The van der Waals surface area contributed by atoms with Crippen LogP contribution < -0.4 is 5.73 Å². The van der Waals surface area contributed by atoms with E-state index in [0.29, 0.717) is 18.8 Å². The van der Waals surface area contributed by atoms with Gasteiger partial charge < -0.3 is 15.4 Å². The van der Waals surface area contributed by atoms with Crippen molar-refractivity contribution in [3.8, 4) is 0 Å². The molecule has 0 bridgehead atoms. The minimum atomic E-state index is -0.724. The average molecular weight is 257 g/mol. The molecule has 0 amide bonds. The van der Waals surface area contributed by atoms with Gasteiger partial charge in [0, 0.05) is 5.25 Å². The van der Waals surface area contributed by atoms with Gasteiger partial charge >= 0.3 is 0 Å². The van der Waals surface area contributed by atoms with Crippen molar-refractivity contribution in [1.82, 2.24) is 10.1 Å². The maximum absolute atomic E-state index is 9.63. The number of aromatic nitrogens is 2. The van der Waals surface area contributed by atoms with Crippen molar-refractivity contribution in [1.29, 1.82) is 0 Å². The molecule has 2 rings (SSSR count). The molecular weight excluding hydrogens is 238 g/mol. The molecule has 1 aromatic rings. The van der Waals surface area contributed by atoms with Gasteiger partial charge in [-0.1, -0.05) is 18.0 Å². The van der Waals surface area contributed by atoms with Gasteiger partial charge in [-0.2, -0.15) is 16.7 Å². The molecule has 1 atom stereocenters. The number of hydrogen-bond donors (Lipinski definition) is 2. The van der Waals surface area contributed by atoms with Gasteiger partial charge in [-0.3, -0.25) is 0 Å². The van der Waals surface area contributed by atoms with Gasteiger partial charge in [0.05, 0.1) is 5.75 Å². The van der Waals surface area contributed by atoms with Crippen LogP contribution in [0.25, 0.3) is 0 Å². The highest BCUT2D eigenvalue weighted by atomic mass is 32.2. The van der Waals surface area contributed by atoms with Gasteiger partial charge in [-0.05, 0) is 25.8 Å². The first-order valence-electron chi connectivity index (χ1n) is 6.12. The fourth-order valence-corrected chi connectivity index (χ4v) is 3.16. The van der Waals surface area contributed by atoms with Crippen LogP contribution >= 0.6 is 11.8 Å². The second kappa shape index (κ2) is 6.37. The quantitative estimate of drug-likeness (QED) is 0.805. The molecule has 3 N–H and O–H groups in total. The van der Waals surface area contributed by atoms with Crippen LogP contribution in [-0.2, 0) is 5.75 Å². The second-order valence-electron chi connectivity index (χ2n) is 4.36. The van der Waals surface area contributed by atoms with Gasteiger partial charge in [0.15, 0.2) is 5.82 Å². The van der Waals surface area contributed by atoms with Crippen LogP contribution in [-0.4, -0.2) is 27.0 Å². The summed E-state index contributed by atoms with van der Waals surface area (Å²) in [7, 11) is 0. The summed E-state index contributed by atoms with van der Waals surface area (Å²) in [5.41, 5.74) is 5.36. The van der Waals surface area contributed by atoms with Gasteiger partial charge in [0.1, 0.15) is 6.10 Å². The number of rotatable bonds is 6. The Labute approximate surface area is 105 Å². The summed E-state index contributed by atoms with van der Waals surface area (Å²) in [6, 6.07) is 0. The largest absolute Gasteiger partial charge is 0.383 e. The fourth-order valence-electron chi connectivity index (χ4n) is 1.99. The van der Waals surface area contributed by atoms with Crippen molar-refractivity contribution in [3.05, 3.63) is 11.7 Å². The molecule has 6 heteroatoms. The van der Waals surface area contributed by atoms with E-state index in [9.17, 15) is 5.11 Å². The Morgan fingerprint density at radius 1 is 1.47 bits per heavy atom. The van der Waals surface area contributed by atoms with Crippen molar-refractivity contribution in [2.45, 2.75) is 49.2 Å². The maximum Gasteiger partial charge on any atom is 0.255 e. The molecule has 1 fully saturated rings. The Balaban J connectivity index is 1.80. The summed E-state index contributed by atoms with van der Waals surface area (Å²) in [6.07, 6.45) is 5.00. The lowest BCUT2D eigenvalue weighted by Gasteiger charge is -2.05. The SMILES string of the molecule is NCCC(O)c1nc(CSC2CCCC2)no1. The van der Waals surface area contributed by atoms with E-state index in [4.69, 9.17) is 10.3 Å². The Hall–Kier alpha value is -0.590. The molecule has 0 aromatic carbocycles. The highest BCUT2D eigenvalue weighted by Gasteiger charge is 2.18. The maximum atomic E-state index is 9.63. The smallest absolute Gasteiger partial charge is 0.255 e. The molecular formula is C11H19N3O2S. The van der Waals surface area contributed by atoms with Crippen LogP contribution in [0.4, 0.5) is 0 Å². The van der Waals surface area contributed by atoms with E-state index in [1.165, 1.54) is 25.7 Å². The van der Waals surface area contributed by atoms with E-state index in [-0.39, 0.29) is 5.89 Å². The third kappa shape index (κ3) is 3.69. The van der Waals surface area contributed by atoms with Gasteiger partial charge in [0.2, 0.25) is 0 Å². The third-order valence-corrected chi connectivity index (χ3v) is 4.33. The monoisotopic (exact) mass is 257 g/mol. The molecule has 0 spiro atoms. The zero-order valence-corrected chi connectivity index (χ0v) is 10.7. The molecule has 0 aliphatic heterocycles. The zero-order valence-electron chi connectivity index (χ0n) is 9.84. The van der Waals surface area contributed by atoms with Crippen LogP contribution in [0.5, 0.6) is 0 Å². The lowest BCUT2D eigenvalue weighted by atomic mass is 10.2. The van der Waals surface area contributed by atoms with Crippen LogP contribution in [0.2, 0.25) is 0 Å². The summed E-state index contributed by atoms with van der Waals surface area (Å²) in [5, 5.41) is 14.2. The summed E-state index contributed by atoms with van der Waals surface area (Å²) < 4.78 is 5.01. The number of aliphatic hydroxyl groups is 1. The normalized spacial score (nSPS) is 18.7. The van der Waals surface area contributed by atoms with Crippen molar-refractivity contribution < 1.29 is 9.63 Å².